The zero-order valence-corrected chi connectivity index (χ0v) is 18.8. The molecule has 0 saturated heterocycles. The molecule has 1 aromatic heterocycles. The molecule has 1 N–H and O–H groups in total. The van der Waals surface area contributed by atoms with Crippen molar-refractivity contribution in [1.82, 2.24) is 9.55 Å². The Labute approximate surface area is 185 Å². The minimum absolute atomic E-state index is 0.137. The van der Waals surface area contributed by atoms with E-state index in [0.29, 0.717) is 22.4 Å². The number of halogens is 1. The van der Waals surface area contributed by atoms with Crippen LogP contribution in [0.15, 0.2) is 70.4 Å². The first kappa shape index (κ1) is 21.1. The van der Waals surface area contributed by atoms with E-state index in [9.17, 15) is 13.2 Å². The van der Waals surface area contributed by atoms with Crippen molar-refractivity contribution in [2.75, 3.05) is 4.72 Å². The summed E-state index contributed by atoms with van der Waals surface area (Å²) < 4.78 is 29.8. The lowest BCUT2D eigenvalue weighted by molar-refractivity contribution is 0.601. The monoisotopic (exact) mass is 453 g/mol. The van der Waals surface area contributed by atoms with Crippen LogP contribution in [0.1, 0.15) is 17.0 Å². The molecule has 0 unspecified atom stereocenters. The third kappa shape index (κ3) is 3.94. The summed E-state index contributed by atoms with van der Waals surface area (Å²) in [5, 5.41) is 0.691. The first-order valence-corrected chi connectivity index (χ1v) is 11.4. The number of benzene rings is 3. The van der Waals surface area contributed by atoms with Crippen molar-refractivity contribution in [1.29, 1.82) is 0 Å². The van der Waals surface area contributed by atoms with Gasteiger partial charge in [0, 0.05) is 0 Å². The number of fused-ring (bicyclic) bond motifs is 1. The number of hydrogen-bond acceptors (Lipinski definition) is 4. The van der Waals surface area contributed by atoms with Gasteiger partial charge in [-0.1, -0.05) is 29.8 Å². The molecule has 0 aliphatic carbocycles. The van der Waals surface area contributed by atoms with Crippen LogP contribution in [0.25, 0.3) is 16.6 Å². The second-order valence-electron chi connectivity index (χ2n) is 7.33. The minimum atomic E-state index is -3.87. The molecule has 6 nitrogen and oxygen atoms in total. The van der Waals surface area contributed by atoms with Gasteiger partial charge in [0.15, 0.2) is 0 Å². The van der Waals surface area contributed by atoms with E-state index < -0.39 is 10.0 Å². The summed E-state index contributed by atoms with van der Waals surface area (Å²) in [4.78, 5) is 17.7. The van der Waals surface area contributed by atoms with E-state index in [1.807, 2.05) is 19.9 Å². The number of rotatable bonds is 4. The number of nitrogens with zero attached hydrogens (tertiary/aromatic N) is 2. The molecule has 3 aromatic carbocycles. The standard InChI is InChI=1S/C23H20ClN3O3S/c1-14-8-10-18(12-15(14)2)31(29,30)26-22-13-17(9-11-20(22)24)27-16(3)25-21-7-5-4-6-19(21)23(27)28/h4-13,26H,1-3H3. The maximum atomic E-state index is 13.1. The Morgan fingerprint density at radius 3 is 2.42 bits per heavy atom. The molecular formula is C23H20ClN3O3S. The Hall–Kier alpha value is -3.16. The number of aromatic nitrogens is 2. The average molecular weight is 454 g/mol. The van der Waals surface area contributed by atoms with Gasteiger partial charge in [0.2, 0.25) is 0 Å². The van der Waals surface area contributed by atoms with Gasteiger partial charge in [-0.05, 0) is 74.4 Å². The molecular weight excluding hydrogens is 434 g/mol. The molecule has 0 fully saturated rings. The van der Waals surface area contributed by atoms with Crippen LogP contribution in [-0.2, 0) is 10.0 Å². The van der Waals surface area contributed by atoms with Gasteiger partial charge in [-0.15, -0.1) is 0 Å². The highest BCUT2D eigenvalue weighted by Crippen LogP contribution is 2.28. The lowest BCUT2D eigenvalue weighted by Crippen LogP contribution is -2.22. The molecule has 0 bridgehead atoms. The molecule has 4 rings (SSSR count). The van der Waals surface area contributed by atoms with Gasteiger partial charge < -0.3 is 0 Å². The van der Waals surface area contributed by atoms with Crippen molar-refractivity contribution < 1.29 is 8.42 Å². The van der Waals surface area contributed by atoms with Gasteiger partial charge in [0.1, 0.15) is 5.82 Å². The number of hydrogen-bond donors (Lipinski definition) is 1. The molecule has 0 saturated carbocycles. The summed E-state index contributed by atoms with van der Waals surface area (Å²) in [6.07, 6.45) is 0. The predicted molar refractivity (Wildman–Crippen MR) is 124 cm³/mol. The second-order valence-corrected chi connectivity index (χ2v) is 9.42. The van der Waals surface area contributed by atoms with Crippen LogP contribution in [0.3, 0.4) is 0 Å². The zero-order chi connectivity index (χ0) is 22.3. The Balaban J connectivity index is 1.81. The summed E-state index contributed by atoms with van der Waals surface area (Å²) in [7, 11) is -3.87. The number of anilines is 1. The summed E-state index contributed by atoms with van der Waals surface area (Å²) in [5.74, 6) is 0.481. The maximum absolute atomic E-state index is 13.1. The highest BCUT2D eigenvalue weighted by molar-refractivity contribution is 7.92. The van der Waals surface area contributed by atoms with Gasteiger partial charge in [0.25, 0.3) is 15.6 Å². The quantitative estimate of drug-likeness (QED) is 0.482. The van der Waals surface area contributed by atoms with Gasteiger partial charge in [-0.2, -0.15) is 0 Å². The maximum Gasteiger partial charge on any atom is 0.265 e. The average Bonchev–Trinajstić information content (AvgIpc) is 2.72. The molecule has 0 radical (unpaired) electrons. The van der Waals surface area contributed by atoms with Gasteiger partial charge >= 0.3 is 0 Å². The summed E-state index contributed by atoms with van der Waals surface area (Å²) >= 11 is 6.28. The van der Waals surface area contributed by atoms with Crippen LogP contribution in [0.5, 0.6) is 0 Å². The van der Waals surface area contributed by atoms with Gasteiger partial charge in [-0.3, -0.25) is 14.1 Å². The van der Waals surface area contributed by atoms with E-state index >= 15 is 0 Å². The van der Waals surface area contributed by atoms with Crippen molar-refractivity contribution in [3.8, 4) is 5.69 Å². The van der Waals surface area contributed by atoms with Crippen LogP contribution in [0.2, 0.25) is 5.02 Å². The van der Waals surface area contributed by atoms with E-state index in [-0.39, 0.29) is 21.2 Å². The lowest BCUT2D eigenvalue weighted by Gasteiger charge is -2.15. The van der Waals surface area contributed by atoms with E-state index in [1.165, 1.54) is 10.6 Å². The number of para-hydroxylation sites is 1. The third-order valence-corrected chi connectivity index (χ3v) is 6.88. The van der Waals surface area contributed by atoms with Crippen LogP contribution >= 0.6 is 11.6 Å². The van der Waals surface area contributed by atoms with Crippen molar-refractivity contribution in [2.45, 2.75) is 25.7 Å². The van der Waals surface area contributed by atoms with Crippen LogP contribution in [-0.4, -0.2) is 18.0 Å². The SMILES string of the molecule is Cc1ccc(S(=O)(=O)Nc2cc(-n3c(C)nc4ccccc4c3=O)ccc2Cl)cc1C. The van der Waals surface area contributed by atoms with E-state index in [4.69, 9.17) is 11.6 Å². The fraction of sp³-hybridized carbons (Fsp3) is 0.130. The predicted octanol–water partition coefficient (Wildman–Crippen LogP) is 4.77. The normalized spacial score (nSPS) is 11.6. The van der Waals surface area contributed by atoms with Gasteiger partial charge in [-0.25, -0.2) is 13.4 Å². The van der Waals surface area contributed by atoms with Crippen LogP contribution < -0.4 is 10.3 Å². The largest absolute Gasteiger partial charge is 0.278 e. The minimum Gasteiger partial charge on any atom is -0.278 e. The fourth-order valence-electron chi connectivity index (χ4n) is 3.36. The molecule has 4 aromatic rings. The summed E-state index contributed by atoms with van der Waals surface area (Å²) in [6.45, 7) is 5.49. The molecule has 1 heterocycles. The number of aryl methyl sites for hydroxylation is 3. The smallest absolute Gasteiger partial charge is 0.265 e. The first-order valence-electron chi connectivity index (χ1n) is 9.56. The van der Waals surface area contributed by atoms with Gasteiger partial charge in [0.05, 0.1) is 32.2 Å². The topological polar surface area (TPSA) is 81.1 Å². The molecule has 8 heteroatoms. The molecule has 31 heavy (non-hydrogen) atoms. The van der Waals surface area contributed by atoms with Crippen molar-refractivity contribution in [3.63, 3.8) is 0 Å². The van der Waals surface area contributed by atoms with E-state index in [2.05, 4.69) is 9.71 Å². The van der Waals surface area contributed by atoms with Crippen LogP contribution in [0.4, 0.5) is 5.69 Å². The highest BCUT2D eigenvalue weighted by atomic mass is 35.5. The Kier molecular flexibility index (Phi) is 5.33. The summed E-state index contributed by atoms with van der Waals surface area (Å²) in [5.41, 5.74) is 2.86. The fourth-order valence-corrected chi connectivity index (χ4v) is 4.74. The first-order chi connectivity index (χ1) is 14.7. The lowest BCUT2D eigenvalue weighted by atomic mass is 10.1. The van der Waals surface area contributed by atoms with E-state index in [1.54, 1.807) is 55.5 Å². The van der Waals surface area contributed by atoms with Crippen molar-refractivity contribution >= 4 is 38.2 Å². The zero-order valence-electron chi connectivity index (χ0n) is 17.2. The highest BCUT2D eigenvalue weighted by Gasteiger charge is 2.18. The van der Waals surface area contributed by atoms with Crippen molar-refractivity contribution in [3.05, 3.63) is 93.0 Å². The Bertz CT molecular complexity index is 1490. The summed E-state index contributed by atoms with van der Waals surface area (Å²) in [6, 6.07) is 16.7. The molecule has 0 aliphatic rings. The van der Waals surface area contributed by atoms with Crippen molar-refractivity contribution in [2.24, 2.45) is 0 Å². The second kappa shape index (κ2) is 7.83. The molecule has 158 valence electrons. The Morgan fingerprint density at radius 2 is 1.68 bits per heavy atom. The Morgan fingerprint density at radius 1 is 0.935 bits per heavy atom. The number of sulfonamides is 1. The third-order valence-electron chi connectivity index (χ3n) is 5.18. The number of nitrogens with one attached hydrogen (secondary N) is 1. The van der Waals surface area contributed by atoms with E-state index in [0.717, 1.165) is 11.1 Å². The molecule has 0 amide bonds. The molecule has 0 atom stereocenters. The molecule has 0 aliphatic heterocycles. The molecule has 0 spiro atoms. The van der Waals surface area contributed by atoms with Crippen LogP contribution in [0, 0.1) is 20.8 Å².